The zero-order valence-corrected chi connectivity index (χ0v) is 33.8. The van der Waals surface area contributed by atoms with Crippen LogP contribution < -0.4 is 0 Å². The number of phenols is 1. The second-order valence-electron chi connectivity index (χ2n) is 14.3. The third-order valence-corrected chi connectivity index (χ3v) is 13.0. The van der Waals surface area contributed by atoms with Crippen LogP contribution in [0.15, 0.2) is 42.5 Å². The number of benzene rings is 2. The molecule has 0 radical (unpaired) electrons. The summed E-state index contributed by atoms with van der Waals surface area (Å²) in [7, 11) is -2.21. The second kappa shape index (κ2) is 19.5. The molecule has 0 unspecified atom stereocenters. The summed E-state index contributed by atoms with van der Waals surface area (Å²) in [4.78, 5) is 5.28. The minimum atomic E-state index is -1.11. The van der Waals surface area contributed by atoms with Crippen LogP contribution in [0, 0.1) is 13.8 Å². The van der Waals surface area contributed by atoms with Crippen molar-refractivity contribution in [3.63, 3.8) is 0 Å². The topological polar surface area (TPSA) is 40.8 Å². The summed E-state index contributed by atoms with van der Waals surface area (Å²) in [5, 5.41) is 10.7. The molecule has 1 fully saturated rings. The van der Waals surface area contributed by atoms with Crippen molar-refractivity contribution in [2.75, 3.05) is 19.6 Å². The molecular formula is C35H62N3OSi2Zn-. The number of nitrogens with zero attached hydrogens (tertiary/aromatic N) is 3. The smallest absolute Gasteiger partial charge is 0.122 e. The molecule has 0 bridgehead atoms. The largest absolute Gasteiger partial charge is 0.668 e. The van der Waals surface area contributed by atoms with Gasteiger partial charge in [-0.1, -0.05) is 143 Å². The number of unbranched alkanes of at least 4 members (excludes halogenated alkanes) is 5. The van der Waals surface area contributed by atoms with E-state index < -0.39 is 16.5 Å². The maximum absolute atomic E-state index is 10.7. The van der Waals surface area contributed by atoms with Crippen LogP contribution in [0.5, 0.6) is 5.75 Å². The number of likely N-dealkylation sites (tertiary alicyclic amines) is 1. The third-order valence-electron chi connectivity index (χ3n) is 7.60. The van der Waals surface area contributed by atoms with E-state index in [0.717, 1.165) is 30.8 Å². The van der Waals surface area contributed by atoms with Crippen molar-refractivity contribution in [2.24, 2.45) is 0 Å². The Balaban J connectivity index is 0.000000765. The molecule has 1 atom stereocenters. The number of aromatic hydroxyl groups is 1. The number of phenolic OH excluding ortho intramolecular Hbond substituents is 1. The van der Waals surface area contributed by atoms with Crippen molar-refractivity contribution in [1.82, 2.24) is 9.80 Å². The van der Waals surface area contributed by atoms with Crippen LogP contribution in [0.3, 0.4) is 0 Å². The summed E-state index contributed by atoms with van der Waals surface area (Å²) >= 11 is 0. The normalized spacial score (nSPS) is 15.8. The Morgan fingerprint density at radius 1 is 0.881 bits per heavy atom. The molecule has 1 aliphatic rings. The van der Waals surface area contributed by atoms with Crippen LogP contribution in [0.2, 0.25) is 39.3 Å². The summed E-state index contributed by atoms with van der Waals surface area (Å²) < 4.78 is 4.82. The predicted octanol–water partition coefficient (Wildman–Crippen LogP) is 9.86. The van der Waals surface area contributed by atoms with Crippen LogP contribution in [0.1, 0.15) is 80.5 Å². The second-order valence-corrected chi connectivity index (χ2v) is 23.9. The van der Waals surface area contributed by atoms with E-state index in [9.17, 15) is 5.11 Å². The Morgan fingerprint density at radius 2 is 1.50 bits per heavy atom. The van der Waals surface area contributed by atoms with E-state index in [1.807, 2.05) is 6.92 Å². The van der Waals surface area contributed by atoms with Gasteiger partial charge < -0.3 is 9.75 Å². The molecular weight excluding hydrogens is 600 g/mol. The molecule has 1 heterocycles. The van der Waals surface area contributed by atoms with E-state index in [-0.39, 0.29) is 19.5 Å². The molecule has 234 valence electrons. The van der Waals surface area contributed by atoms with E-state index in [2.05, 4.69) is 105 Å². The number of rotatable bonds is 15. The zero-order chi connectivity index (χ0) is 30.5. The minimum Gasteiger partial charge on any atom is -0.668 e. The van der Waals surface area contributed by atoms with Gasteiger partial charge in [0, 0.05) is 50.7 Å². The Hall–Kier alpha value is -0.823. The molecule has 4 nitrogen and oxygen atoms in total. The Bertz CT molecular complexity index is 996. The Morgan fingerprint density at radius 3 is 2.10 bits per heavy atom. The number of hydrogen-bond donors (Lipinski definition) is 1. The van der Waals surface area contributed by atoms with Crippen LogP contribution in [0.4, 0.5) is 0 Å². The van der Waals surface area contributed by atoms with Gasteiger partial charge in [0.2, 0.25) is 0 Å². The van der Waals surface area contributed by atoms with E-state index >= 15 is 0 Å². The van der Waals surface area contributed by atoms with Crippen molar-refractivity contribution < 1.29 is 24.6 Å². The third kappa shape index (κ3) is 16.3. The van der Waals surface area contributed by atoms with Gasteiger partial charge in [-0.25, -0.2) is 0 Å². The molecule has 3 rings (SSSR count). The SMILES string of the molecule is CCCCCCCCN1CCC[C@H]1CN(Cc1ccccc1)Cc1cc(C)cc(C)c1O.C[Si](C)(C)[N-][Si](C)(C)C.[Zn]. The first kappa shape index (κ1) is 39.2. The molecule has 1 aliphatic heterocycles. The van der Waals surface area contributed by atoms with Crippen LogP contribution in [-0.4, -0.2) is 57.1 Å². The fourth-order valence-corrected chi connectivity index (χ4v) is 14.3. The minimum absolute atomic E-state index is 0. The fraction of sp³-hybridized carbons (Fsp3) is 0.657. The maximum Gasteiger partial charge on any atom is 0.122 e. The first-order valence-electron chi connectivity index (χ1n) is 16.3. The first-order chi connectivity index (χ1) is 19.3. The molecule has 7 heteroatoms. The number of hydrogen-bond acceptors (Lipinski definition) is 3. The maximum atomic E-state index is 10.7. The molecule has 0 aromatic heterocycles. The van der Waals surface area contributed by atoms with Crippen molar-refractivity contribution in [3.8, 4) is 5.75 Å². The molecule has 2 aromatic carbocycles. The van der Waals surface area contributed by atoms with Crippen LogP contribution in [0.25, 0.3) is 4.65 Å². The van der Waals surface area contributed by atoms with Gasteiger partial charge in [0.1, 0.15) is 5.75 Å². The summed E-state index contributed by atoms with van der Waals surface area (Å²) in [6, 6.07) is 15.6. The van der Waals surface area contributed by atoms with Crippen LogP contribution in [-0.2, 0) is 32.6 Å². The molecule has 0 spiro atoms. The van der Waals surface area contributed by atoms with Gasteiger partial charge in [0.25, 0.3) is 0 Å². The van der Waals surface area contributed by atoms with E-state index in [4.69, 9.17) is 4.65 Å². The summed E-state index contributed by atoms with van der Waals surface area (Å²) in [5.41, 5.74) is 4.60. The van der Waals surface area contributed by atoms with Crippen LogP contribution >= 0.6 is 0 Å². The number of aryl methyl sites for hydroxylation is 2. The van der Waals surface area contributed by atoms with Crippen molar-refractivity contribution in [2.45, 2.75) is 131 Å². The van der Waals surface area contributed by atoms with E-state index in [0.29, 0.717) is 11.8 Å². The average molecular weight is 662 g/mol. The Labute approximate surface area is 275 Å². The molecule has 0 aliphatic carbocycles. The molecule has 1 saturated heterocycles. The van der Waals surface area contributed by atoms with Gasteiger partial charge in [0.15, 0.2) is 0 Å². The monoisotopic (exact) mass is 660 g/mol. The quantitative estimate of drug-likeness (QED) is 0.153. The van der Waals surface area contributed by atoms with Gasteiger partial charge in [0.05, 0.1) is 0 Å². The summed E-state index contributed by atoms with van der Waals surface area (Å²) in [5.74, 6) is 0.462. The molecule has 1 N–H and O–H groups in total. The van der Waals surface area contributed by atoms with Gasteiger partial charge in [-0.15, -0.1) is 0 Å². The van der Waals surface area contributed by atoms with Crippen molar-refractivity contribution >= 4 is 16.5 Å². The average Bonchev–Trinajstić information content (AvgIpc) is 3.30. The van der Waals surface area contributed by atoms with Gasteiger partial charge >= 0.3 is 0 Å². The summed E-state index contributed by atoms with van der Waals surface area (Å²) in [6.45, 7) is 25.5. The van der Waals surface area contributed by atoms with E-state index in [1.165, 1.54) is 75.6 Å². The zero-order valence-electron chi connectivity index (χ0n) is 28.8. The van der Waals surface area contributed by atoms with E-state index in [1.54, 1.807) is 0 Å². The van der Waals surface area contributed by atoms with Gasteiger partial charge in [-0.05, 0) is 57.3 Å². The van der Waals surface area contributed by atoms with Gasteiger partial charge in [-0.3, -0.25) is 9.80 Å². The fourth-order valence-electron chi connectivity index (χ4n) is 6.23. The first-order valence-corrected chi connectivity index (χ1v) is 23.2. The summed E-state index contributed by atoms with van der Waals surface area (Å²) in [6.07, 6.45) is 10.8. The van der Waals surface area contributed by atoms with Crippen molar-refractivity contribution in [1.29, 1.82) is 0 Å². The molecule has 0 amide bonds. The van der Waals surface area contributed by atoms with Crippen molar-refractivity contribution in [3.05, 3.63) is 69.4 Å². The molecule has 0 saturated carbocycles. The Kier molecular flexibility index (Phi) is 18.2. The molecule has 2 aromatic rings. The standard InChI is InChI=1S/C29H44N2O.C6H18NSi2.Zn/c1-4-5-6-7-8-12-17-31-18-13-16-28(31)23-30(21-26-14-10-9-11-15-26)22-27-20-24(2)19-25(3)29(27)32;1-8(2,3)7-9(4,5)6;/h9-11,14-15,19-20,28,32H,4-8,12-13,16-18,21-23H2,1-3H3;1-6H3;/q;-1;/t28-;;/m0../s1. The van der Waals surface area contributed by atoms with Gasteiger partial charge in [-0.2, -0.15) is 0 Å². The predicted molar refractivity (Wildman–Crippen MR) is 186 cm³/mol. The molecule has 42 heavy (non-hydrogen) atoms.